The first kappa shape index (κ1) is 20.0. The van der Waals surface area contributed by atoms with E-state index in [1.807, 2.05) is 0 Å². The van der Waals surface area contributed by atoms with Crippen molar-refractivity contribution < 1.29 is 17.9 Å². The van der Waals surface area contributed by atoms with Crippen LogP contribution in [0.15, 0.2) is 34.6 Å². The number of sulfonamides is 1. The van der Waals surface area contributed by atoms with Crippen LogP contribution in [0, 0.1) is 0 Å². The van der Waals surface area contributed by atoms with Crippen LogP contribution in [0.3, 0.4) is 0 Å². The van der Waals surface area contributed by atoms with Gasteiger partial charge < -0.3 is 9.30 Å². The second kappa shape index (κ2) is 6.92. The van der Waals surface area contributed by atoms with Crippen LogP contribution in [-0.4, -0.2) is 45.2 Å². The number of rotatable bonds is 3. The molecule has 4 rings (SSSR count). The van der Waals surface area contributed by atoms with E-state index in [4.69, 9.17) is 16.3 Å². The third kappa shape index (κ3) is 3.81. The van der Waals surface area contributed by atoms with Crippen LogP contribution >= 0.6 is 23.4 Å². The quantitative estimate of drug-likeness (QED) is 0.642. The number of thioether (sulfide) groups is 1. The first-order valence-corrected chi connectivity index (χ1v) is 11.5. The predicted octanol–water partition coefficient (Wildman–Crippen LogP) is 3.58. The Kier molecular flexibility index (Phi) is 4.79. The molecule has 12 heteroatoms. The Morgan fingerprint density at radius 3 is 2.83 bits per heavy atom. The van der Waals surface area contributed by atoms with Crippen LogP contribution < -0.4 is 4.72 Å². The zero-order chi connectivity index (χ0) is 21.0. The monoisotopic (exact) mass is 455 g/mol. The van der Waals surface area contributed by atoms with E-state index in [-0.39, 0.29) is 15.9 Å². The predicted molar refractivity (Wildman–Crippen MR) is 110 cm³/mol. The first-order valence-electron chi connectivity index (χ1n) is 8.68. The van der Waals surface area contributed by atoms with Gasteiger partial charge in [0.1, 0.15) is 5.60 Å². The number of anilines is 1. The lowest BCUT2D eigenvalue weighted by molar-refractivity contribution is 0.0523. The lowest BCUT2D eigenvalue weighted by Gasteiger charge is -2.19. The van der Waals surface area contributed by atoms with E-state index in [1.54, 1.807) is 37.5 Å². The van der Waals surface area contributed by atoms with Gasteiger partial charge in [0, 0.05) is 17.7 Å². The lowest BCUT2D eigenvalue weighted by atomic mass is 10.2. The third-order valence-corrected chi connectivity index (χ3v) is 6.80. The highest BCUT2D eigenvalue weighted by Crippen LogP contribution is 2.34. The van der Waals surface area contributed by atoms with E-state index >= 15 is 0 Å². The minimum absolute atomic E-state index is 0.0695. The number of hydrogen-bond donors (Lipinski definition) is 1. The number of carbonyl (C=O) groups is 1. The maximum atomic E-state index is 12.9. The summed E-state index contributed by atoms with van der Waals surface area (Å²) in [6.07, 6.45) is 0.858. The minimum atomic E-state index is -3.98. The number of fused-ring (bicyclic) bond motifs is 2. The van der Waals surface area contributed by atoms with Crippen LogP contribution in [0.1, 0.15) is 20.8 Å². The summed E-state index contributed by atoms with van der Waals surface area (Å²) in [5, 5.41) is 5.16. The van der Waals surface area contributed by atoms with Gasteiger partial charge in [-0.05, 0) is 39.0 Å². The van der Waals surface area contributed by atoms with E-state index in [2.05, 4.69) is 14.8 Å². The van der Waals surface area contributed by atoms with E-state index in [9.17, 15) is 13.2 Å². The summed E-state index contributed by atoms with van der Waals surface area (Å²) in [6.45, 7) is 5.77. The summed E-state index contributed by atoms with van der Waals surface area (Å²) < 4.78 is 36.4. The number of aromatic nitrogens is 4. The molecule has 3 heterocycles. The largest absolute Gasteiger partial charge is 0.442 e. The number of carbonyl (C=O) groups excluding carboxylic acids is 1. The molecule has 0 fully saturated rings. The zero-order valence-electron chi connectivity index (χ0n) is 15.8. The average molecular weight is 456 g/mol. The van der Waals surface area contributed by atoms with Crippen LogP contribution in [0.25, 0.3) is 10.9 Å². The summed E-state index contributed by atoms with van der Waals surface area (Å²) in [5.74, 6) is 0.739. The molecule has 2 aromatic heterocycles. The highest BCUT2D eigenvalue weighted by atomic mass is 35.5. The molecule has 29 heavy (non-hydrogen) atoms. The molecule has 0 bridgehead atoms. The fourth-order valence-corrected chi connectivity index (χ4v) is 5.73. The molecule has 0 saturated carbocycles. The second-order valence-electron chi connectivity index (χ2n) is 7.41. The maximum absolute atomic E-state index is 12.9. The van der Waals surface area contributed by atoms with Crippen molar-refractivity contribution in [3.63, 3.8) is 0 Å². The van der Waals surface area contributed by atoms with E-state index in [1.165, 1.54) is 24.0 Å². The Bertz CT molecular complexity index is 1230. The Labute approximate surface area is 176 Å². The number of imidazole rings is 1. The molecule has 0 aliphatic carbocycles. The van der Waals surface area contributed by atoms with Gasteiger partial charge in [0.05, 0.1) is 17.4 Å². The summed E-state index contributed by atoms with van der Waals surface area (Å²) in [6, 6.07) is 4.78. The van der Waals surface area contributed by atoms with Gasteiger partial charge in [0.25, 0.3) is 10.0 Å². The Hall–Kier alpha value is -2.24. The van der Waals surface area contributed by atoms with Gasteiger partial charge >= 0.3 is 6.09 Å². The van der Waals surface area contributed by atoms with Gasteiger partial charge in [-0.25, -0.2) is 9.78 Å². The molecule has 1 aliphatic heterocycles. The van der Waals surface area contributed by atoms with Gasteiger partial charge in [0.2, 0.25) is 0 Å². The van der Waals surface area contributed by atoms with Gasteiger partial charge in [0.15, 0.2) is 15.3 Å². The normalized spacial score (nSPS) is 14.2. The molecule has 0 amide bonds. The number of benzene rings is 1. The molecule has 9 nitrogen and oxygen atoms in total. The molecule has 1 N–H and O–H groups in total. The average Bonchev–Trinajstić information content (AvgIpc) is 3.25. The van der Waals surface area contributed by atoms with Gasteiger partial charge in [-0.2, -0.15) is 18.2 Å². The molecule has 0 radical (unpaired) electrons. The molecule has 1 aliphatic rings. The Balaban J connectivity index is 1.69. The molecular weight excluding hydrogens is 438 g/mol. The van der Waals surface area contributed by atoms with E-state index in [0.29, 0.717) is 22.6 Å². The second-order valence-corrected chi connectivity index (χ2v) is 10.4. The van der Waals surface area contributed by atoms with Crippen LogP contribution in [0.4, 0.5) is 10.5 Å². The van der Waals surface area contributed by atoms with Crippen LogP contribution in [-0.2, 0) is 21.3 Å². The zero-order valence-corrected chi connectivity index (χ0v) is 18.2. The number of halogens is 1. The first-order chi connectivity index (χ1) is 13.5. The highest BCUT2D eigenvalue weighted by Gasteiger charge is 2.30. The number of nitrogens with zero attached hydrogens (tertiary/aromatic N) is 4. The molecular formula is C17H18ClN5O4S2. The minimum Gasteiger partial charge on any atom is -0.442 e. The smallest absolute Gasteiger partial charge is 0.435 e. The summed E-state index contributed by atoms with van der Waals surface area (Å²) in [7, 11) is -3.98. The number of nitrogens with one attached hydrogen (secondary N) is 1. The SMILES string of the molecule is CC(C)(C)OC(=O)n1ncc2ccc(NS(=O)(=O)c3c(Cl)nc4n3CCS4)cc21. The fourth-order valence-electron chi connectivity index (χ4n) is 2.92. The molecule has 0 saturated heterocycles. The molecule has 3 aromatic rings. The van der Waals surface area contributed by atoms with E-state index in [0.717, 1.165) is 10.4 Å². The lowest BCUT2D eigenvalue weighted by Crippen LogP contribution is -2.27. The number of hydrogen-bond acceptors (Lipinski definition) is 7. The third-order valence-electron chi connectivity index (χ3n) is 4.04. The topological polar surface area (TPSA) is 108 Å². The van der Waals surface area contributed by atoms with Crippen molar-refractivity contribution >= 4 is 56.1 Å². The Morgan fingerprint density at radius 2 is 2.10 bits per heavy atom. The summed E-state index contributed by atoms with van der Waals surface area (Å²) >= 11 is 7.53. The van der Waals surface area contributed by atoms with Crippen molar-refractivity contribution in [1.29, 1.82) is 0 Å². The number of ether oxygens (including phenoxy) is 1. The molecule has 154 valence electrons. The fraction of sp³-hybridized carbons (Fsp3) is 0.353. The van der Waals surface area contributed by atoms with Gasteiger partial charge in [-0.3, -0.25) is 4.72 Å². The van der Waals surface area contributed by atoms with Crippen molar-refractivity contribution in [1.82, 2.24) is 19.3 Å². The maximum Gasteiger partial charge on any atom is 0.435 e. The molecule has 0 spiro atoms. The highest BCUT2D eigenvalue weighted by molar-refractivity contribution is 7.99. The molecule has 1 aromatic carbocycles. The Morgan fingerprint density at radius 1 is 1.34 bits per heavy atom. The van der Waals surface area contributed by atoms with Gasteiger partial charge in [-0.15, -0.1) is 0 Å². The van der Waals surface area contributed by atoms with Crippen molar-refractivity contribution in [2.45, 2.75) is 43.1 Å². The van der Waals surface area contributed by atoms with Crippen molar-refractivity contribution in [2.75, 3.05) is 10.5 Å². The van der Waals surface area contributed by atoms with Crippen molar-refractivity contribution in [3.05, 3.63) is 29.5 Å². The standard InChI is InChI=1S/C17H18ClN5O4S2/c1-17(2,3)27-16(24)23-12-8-11(5-4-10(12)9-19-23)21-29(25,26)14-13(18)20-15-22(14)6-7-28-15/h4-5,8-9,21H,6-7H2,1-3H3. The summed E-state index contributed by atoms with van der Waals surface area (Å²) in [4.78, 5) is 16.5. The van der Waals surface area contributed by atoms with Crippen molar-refractivity contribution in [3.8, 4) is 0 Å². The van der Waals surface area contributed by atoms with Crippen LogP contribution in [0.5, 0.6) is 0 Å². The summed E-state index contributed by atoms with van der Waals surface area (Å²) in [5.41, 5.74) is -0.00852. The van der Waals surface area contributed by atoms with Crippen LogP contribution in [0.2, 0.25) is 5.15 Å². The van der Waals surface area contributed by atoms with Gasteiger partial charge in [-0.1, -0.05) is 23.4 Å². The molecule has 0 atom stereocenters. The van der Waals surface area contributed by atoms with E-state index < -0.39 is 21.7 Å². The molecule has 0 unspecified atom stereocenters. The van der Waals surface area contributed by atoms with Crippen molar-refractivity contribution in [2.24, 2.45) is 0 Å².